The average Bonchev–Trinajstić information content (AvgIpc) is 3.32. The van der Waals surface area contributed by atoms with E-state index >= 15 is 0 Å². The number of rotatable bonds is 4. The predicted octanol–water partition coefficient (Wildman–Crippen LogP) is 8.22. The van der Waals surface area contributed by atoms with Gasteiger partial charge in [0, 0.05) is 27.2 Å². The molecule has 0 aliphatic carbocycles. The second-order valence-electron chi connectivity index (χ2n) is 8.24. The summed E-state index contributed by atoms with van der Waals surface area (Å²) in [5, 5.41) is 5.56. The number of carbonyl (C=O) groups excluding carboxylic acids is 1. The van der Waals surface area contributed by atoms with E-state index in [1.165, 1.54) is 0 Å². The number of nitrogens with one attached hydrogen (secondary N) is 1. The molecule has 5 aromatic carbocycles. The molecule has 1 heterocycles. The third kappa shape index (κ3) is 4.05. The number of benzene rings is 5. The van der Waals surface area contributed by atoms with Crippen molar-refractivity contribution in [2.45, 2.75) is 0 Å². The Balaban J connectivity index is 1.26. The number of halogens is 1. The van der Waals surface area contributed by atoms with Gasteiger partial charge in [-0.25, -0.2) is 4.98 Å². The van der Waals surface area contributed by atoms with Gasteiger partial charge in [-0.1, -0.05) is 78.3 Å². The molecule has 0 saturated carbocycles. The van der Waals surface area contributed by atoms with Crippen molar-refractivity contribution < 1.29 is 9.21 Å². The smallest absolute Gasteiger partial charge is 0.255 e. The van der Waals surface area contributed by atoms with E-state index in [0.29, 0.717) is 33.3 Å². The first kappa shape index (κ1) is 21.1. The standard InChI is InChI=1S/C30H19ClN2O2/c31-26-11-5-8-23-24(26)9-4-10-25(23)30-33-27-18-22(16-17-28(27)35-30)32-29(34)21-14-12-20(13-15-21)19-6-2-1-3-7-19/h1-18H,(H,32,34). The van der Waals surface area contributed by atoms with E-state index in [-0.39, 0.29) is 5.91 Å². The van der Waals surface area contributed by atoms with Crippen molar-refractivity contribution in [2.24, 2.45) is 0 Å². The number of carbonyl (C=O) groups is 1. The second kappa shape index (κ2) is 8.75. The Kier molecular flexibility index (Phi) is 5.28. The second-order valence-corrected chi connectivity index (χ2v) is 8.65. The SMILES string of the molecule is O=C(Nc1ccc2oc(-c3cccc4c(Cl)cccc34)nc2c1)c1ccc(-c2ccccc2)cc1. The average molecular weight is 475 g/mol. The van der Waals surface area contributed by atoms with Gasteiger partial charge >= 0.3 is 0 Å². The van der Waals surface area contributed by atoms with Gasteiger partial charge in [-0.15, -0.1) is 0 Å². The van der Waals surface area contributed by atoms with Crippen LogP contribution >= 0.6 is 11.6 Å². The fourth-order valence-electron chi connectivity index (χ4n) is 4.23. The van der Waals surface area contributed by atoms with Crippen molar-refractivity contribution in [1.82, 2.24) is 4.98 Å². The summed E-state index contributed by atoms with van der Waals surface area (Å²) in [5.41, 5.74) is 5.58. The van der Waals surface area contributed by atoms with Gasteiger partial charge in [0.15, 0.2) is 5.58 Å². The Morgan fingerprint density at radius 1 is 0.743 bits per heavy atom. The lowest BCUT2D eigenvalue weighted by atomic mass is 10.0. The predicted molar refractivity (Wildman–Crippen MR) is 142 cm³/mol. The van der Waals surface area contributed by atoms with E-state index in [1.54, 1.807) is 0 Å². The van der Waals surface area contributed by atoms with Gasteiger partial charge in [0.1, 0.15) is 5.52 Å². The first-order chi connectivity index (χ1) is 17.2. The normalized spacial score (nSPS) is 11.1. The summed E-state index contributed by atoms with van der Waals surface area (Å²) >= 11 is 6.36. The molecule has 1 aromatic heterocycles. The minimum atomic E-state index is -0.184. The number of aromatic nitrogens is 1. The first-order valence-electron chi connectivity index (χ1n) is 11.2. The molecule has 1 amide bonds. The molecule has 0 fully saturated rings. The summed E-state index contributed by atoms with van der Waals surface area (Å²) in [6.07, 6.45) is 0. The van der Waals surface area contributed by atoms with Crippen molar-refractivity contribution in [3.05, 3.63) is 120 Å². The molecule has 6 aromatic rings. The number of oxazole rings is 1. The largest absolute Gasteiger partial charge is 0.436 e. The summed E-state index contributed by atoms with van der Waals surface area (Å²) in [7, 11) is 0. The van der Waals surface area contributed by atoms with Gasteiger partial charge in [0.05, 0.1) is 0 Å². The Morgan fingerprint density at radius 3 is 2.31 bits per heavy atom. The van der Waals surface area contributed by atoms with Crippen LogP contribution in [-0.4, -0.2) is 10.9 Å². The molecule has 0 atom stereocenters. The first-order valence-corrected chi connectivity index (χ1v) is 11.6. The third-order valence-corrected chi connectivity index (χ3v) is 6.33. The molecular formula is C30H19ClN2O2. The fraction of sp³-hybridized carbons (Fsp3) is 0. The van der Waals surface area contributed by atoms with Gasteiger partial charge in [0.2, 0.25) is 5.89 Å². The van der Waals surface area contributed by atoms with Gasteiger partial charge in [0.25, 0.3) is 5.91 Å². The maximum atomic E-state index is 12.8. The van der Waals surface area contributed by atoms with Crippen LogP contribution in [0.15, 0.2) is 114 Å². The Hall–Kier alpha value is -4.41. The van der Waals surface area contributed by atoms with E-state index in [4.69, 9.17) is 16.0 Å². The lowest BCUT2D eigenvalue weighted by Crippen LogP contribution is -2.11. The molecule has 5 heteroatoms. The maximum absolute atomic E-state index is 12.8. The molecule has 0 radical (unpaired) electrons. The van der Waals surface area contributed by atoms with E-state index in [9.17, 15) is 4.79 Å². The monoisotopic (exact) mass is 474 g/mol. The van der Waals surface area contributed by atoms with Gasteiger partial charge < -0.3 is 9.73 Å². The molecule has 35 heavy (non-hydrogen) atoms. The lowest BCUT2D eigenvalue weighted by Gasteiger charge is -2.06. The number of anilines is 1. The van der Waals surface area contributed by atoms with Crippen LogP contribution in [0.5, 0.6) is 0 Å². The van der Waals surface area contributed by atoms with Crippen LogP contribution in [0.2, 0.25) is 5.02 Å². The van der Waals surface area contributed by atoms with Crippen LogP contribution in [0.25, 0.3) is 44.5 Å². The molecule has 0 spiro atoms. The summed E-state index contributed by atoms with van der Waals surface area (Å²) in [6, 6.07) is 34.7. The summed E-state index contributed by atoms with van der Waals surface area (Å²) in [4.78, 5) is 17.5. The van der Waals surface area contributed by atoms with Crippen molar-refractivity contribution >= 4 is 45.1 Å². The minimum Gasteiger partial charge on any atom is -0.436 e. The minimum absolute atomic E-state index is 0.184. The molecular weight excluding hydrogens is 456 g/mol. The van der Waals surface area contributed by atoms with Crippen LogP contribution in [0.3, 0.4) is 0 Å². The fourth-order valence-corrected chi connectivity index (χ4v) is 4.46. The zero-order valence-corrected chi connectivity index (χ0v) is 19.3. The molecule has 6 rings (SSSR count). The molecule has 0 bridgehead atoms. The van der Waals surface area contributed by atoms with Crippen LogP contribution in [0.1, 0.15) is 10.4 Å². The van der Waals surface area contributed by atoms with Crippen LogP contribution in [0, 0.1) is 0 Å². The van der Waals surface area contributed by atoms with Crippen LogP contribution in [-0.2, 0) is 0 Å². The zero-order valence-electron chi connectivity index (χ0n) is 18.5. The lowest BCUT2D eigenvalue weighted by molar-refractivity contribution is 0.102. The topological polar surface area (TPSA) is 55.1 Å². The zero-order chi connectivity index (χ0) is 23.8. The third-order valence-electron chi connectivity index (χ3n) is 6.00. The Morgan fingerprint density at radius 2 is 1.49 bits per heavy atom. The van der Waals surface area contributed by atoms with Crippen molar-refractivity contribution in [3.63, 3.8) is 0 Å². The maximum Gasteiger partial charge on any atom is 0.255 e. The highest BCUT2D eigenvalue weighted by atomic mass is 35.5. The summed E-state index contributed by atoms with van der Waals surface area (Å²) in [6.45, 7) is 0. The molecule has 4 nitrogen and oxygen atoms in total. The summed E-state index contributed by atoms with van der Waals surface area (Å²) in [5.74, 6) is 0.323. The quantitative estimate of drug-likeness (QED) is 0.280. The molecule has 1 N–H and O–H groups in total. The molecule has 0 aliphatic heterocycles. The van der Waals surface area contributed by atoms with Crippen molar-refractivity contribution in [3.8, 4) is 22.6 Å². The van der Waals surface area contributed by atoms with E-state index in [0.717, 1.165) is 27.5 Å². The van der Waals surface area contributed by atoms with E-state index < -0.39 is 0 Å². The van der Waals surface area contributed by atoms with Crippen molar-refractivity contribution in [2.75, 3.05) is 5.32 Å². The molecule has 0 aliphatic rings. The molecule has 0 unspecified atom stereocenters. The van der Waals surface area contributed by atoms with E-state index in [1.807, 2.05) is 109 Å². The Labute approximate surface area is 206 Å². The molecule has 0 saturated heterocycles. The highest BCUT2D eigenvalue weighted by molar-refractivity contribution is 6.35. The van der Waals surface area contributed by atoms with Crippen molar-refractivity contribution in [1.29, 1.82) is 0 Å². The number of hydrogen-bond acceptors (Lipinski definition) is 3. The molecule has 168 valence electrons. The highest BCUT2D eigenvalue weighted by Crippen LogP contribution is 2.34. The number of hydrogen-bond donors (Lipinski definition) is 1. The van der Waals surface area contributed by atoms with Gasteiger partial charge in [-0.3, -0.25) is 4.79 Å². The highest BCUT2D eigenvalue weighted by Gasteiger charge is 2.14. The number of amides is 1. The number of fused-ring (bicyclic) bond motifs is 2. The number of nitrogens with zero attached hydrogens (tertiary/aromatic N) is 1. The van der Waals surface area contributed by atoms with Gasteiger partial charge in [-0.2, -0.15) is 0 Å². The van der Waals surface area contributed by atoms with E-state index in [2.05, 4.69) is 10.3 Å². The van der Waals surface area contributed by atoms with Crippen LogP contribution in [0.4, 0.5) is 5.69 Å². The van der Waals surface area contributed by atoms with Gasteiger partial charge in [-0.05, 0) is 59.0 Å². The summed E-state index contributed by atoms with van der Waals surface area (Å²) < 4.78 is 6.03. The van der Waals surface area contributed by atoms with Crippen LogP contribution < -0.4 is 5.32 Å². The Bertz CT molecular complexity index is 1690.